The minimum atomic E-state index is -0.136. The molecule has 3 heterocycles. The van der Waals surface area contributed by atoms with Crippen molar-refractivity contribution in [2.45, 2.75) is 13.8 Å². The molecule has 0 fully saturated rings. The van der Waals surface area contributed by atoms with Crippen molar-refractivity contribution in [2.75, 3.05) is 5.32 Å². The molecule has 0 atom stereocenters. The molecular weight excluding hydrogens is 444 g/mol. The van der Waals surface area contributed by atoms with Gasteiger partial charge in [-0.3, -0.25) is 4.79 Å². The first-order valence-corrected chi connectivity index (χ1v) is 12.4. The highest BCUT2D eigenvalue weighted by atomic mass is 32.1. The fraction of sp³-hybridized carbons (Fsp3) is 0.0714. The molecule has 162 valence electrons. The van der Waals surface area contributed by atoms with Gasteiger partial charge in [-0.25, -0.2) is 4.98 Å². The number of amides is 1. The molecule has 0 spiro atoms. The van der Waals surface area contributed by atoms with Gasteiger partial charge in [0.15, 0.2) is 0 Å². The molecule has 0 aliphatic carbocycles. The monoisotopic (exact) mass is 466 g/mol. The molecule has 5 rings (SSSR count). The second-order valence-electron chi connectivity index (χ2n) is 7.95. The first kappa shape index (κ1) is 21.3. The van der Waals surface area contributed by atoms with Gasteiger partial charge in [0.2, 0.25) is 0 Å². The Labute approximate surface area is 201 Å². The van der Waals surface area contributed by atoms with Gasteiger partial charge in [-0.15, -0.1) is 22.7 Å². The van der Waals surface area contributed by atoms with Gasteiger partial charge in [0.05, 0.1) is 16.8 Å². The van der Waals surface area contributed by atoms with Crippen LogP contribution in [0.15, 0.2) is 78.2 Å². The van der Waals surface area contributed by atoms with Crippen LogP contribution in [0.3, 0.4) is 0 Å². The van der Waals surface area contributed by atoms with Crippen LogP contribution in [0.2, 0.25) is 0 Å². The summed E-state index contributed by atoms with van der Waals surface area (Å²) in [6, 6.07) is 24.2. The SMILES string of the molecule is Cc1ccc(NC(=O)c2cc(/C=C/c3ccc(-c4cccs4)s3)nc3ccc(C)cc23)cc1. The third-order valence-electron chi connectivity index (χ3n) is 5.35. The van der Waals surface area contributed by atoms with E-state index in [1.54, 1.807) is 22.7 Å². The van der Waals surface area contributed by atoms with Crippen LogP contribution < -0.4 is 5.32 Å². The predicted octanol–water partition coefficient (Wildman–Crippen LogP) is 8.06. The molecule has 0 unspecified atom stereocenters. The van der Waals surface area contributed by atoms with Crippen LogP contribution in [0.4, 0.5) is 5.69 Å². The average molecular weight is 467 g/mol. The van der Waals surface area contributed by atoms with E-state index in [1.807, 2.05) is 68.5 Å². The molecule has 5 heteroatoms. The number of anilines is 1. The number of carbonyl (C=O) groups is 1. The Kier molecular flexibility index (Phi) is 5.90. The third-order valence-corrected chi connectivity index (χ3v) is 7.46. The first-order valence-electron chi connectivity index (χ1n) is 10.7. The van der Waals surface area contributed by atoms with Gasteiger partial charge < -0.3 is 5.32 Å². The standard InChI is InChI=1S/C28H22N2OS2/c1-18-5-8-20(9-6-18)30-28(31)24-17-21(29-25-13-7-19(2)16-23(24)25)10-11-22-12-14-27(33-22)26-4-3-15-32-26/h3-17H,1-2H3,(H,30,31)/b11-10+. The van der Waals surface area contributed by atoms with Crippen molar-refractivity contribution in [3.8, 4) is 9.75 Å². The van der Waals surface area contributed by atoms with Gasteiger partial charge in [-0.05, 0) is 79.9 Å². The summed E-state index contributed by atoms with van der Waals surface area (Å²) in [6.45, 7) is 4.05. The molecule has 0 aliphatic heterocycles. The molecule has 1 amide bonds. The van der Waals surface area contributed by atoms with Crippen LogP contribution in [-0.4, -0.2) is 10.9 Å². The lowest BCUT2D eigenvalue weighted by atomic mass is 10.0. The van der Waals surface area contributed by atoms with E-state index in [2.05, 4.69) is 41.0 Å². The number of benzene rings is 2. The molecule has 3 nitrogen and oxygen atoms in total. The van der Waals surface area contributed by atoms with E-state index in [0.717, 1.165) is 38.3 Å². The Morgan fingerprint density at radius 1 is 0.879 bits per heavy atom. The molecule has 0 saturated carbocycles. The Morgan fingerprint density at radius 2 is 1.70 bits per heavy atom. The summed E-state index contributed by atoms with van der Waals surface area (Å²) in [5.74, 6) is -0.136. The molecule has 0 radical (unpaired) electrons. The predicted molar refractivity (Wildman–Crippen MR) is 142 cm³/mol. The van der Waals surface area contributed by atoms with Gasteiger partial charge in [0.1, 0.15) is 0 Å². The summed E-state index contributed by atoms with van der Waals surface area (Å²) >= 11 is 3.49. The van der Waals surface area contributed by atoms with E-state index in [0.29, 0.717) is 5.56 Å². The van der Waals surface area contributed by atoms with Crippen molar-refractivity contribution in [3.05, 3.63) is 105 Å². The lowest BCUT2D eigenvalue weighted by Crippen LogP contribution is -2.13. The zero-order valence-corrected chi connectivity index (χ0v) is 20.0. The zero-order chi connectivity index (χ0) is 22.8. The number of hydrogen-bond acceptors (Lipinski definition) is 4. The van der Waals surface area contributed by atoms with Gasteiger partial charge >= 0.3 is 0 Å². The summed E-state index contributed by atoms with van der Waals surface area (Å²) in [5.41, 5.74) is 5.21. The third kappa shape index (κ3) is 4.80. The van der Waals surface area contributed by atoms with E-state index < -0.39 is 0 Å². The topological polar surface area (TPSA) is 42.0 Å². The van der Waals surface area contributed by atoms with E-state index >= 15 is 0 Å². The van der Waals surface area contributed by atoms with Crippen LogP contribution in [0.5, 0.6) is 0 Å². The van der Waals surface area contributed by atoms with E-state index in [1.165, 1.54) is 9.75 Å². The van der Waals surface area contributed by atoms with Crippen LogP contribution >= 0.6 is 22.7 Å². The van der Waals surface area contributed by atoms with Crippen LogP contribution in [0, 0.1) is 13.8 Å². The summed E-state index contributed by atoms with van der Waals surface area (Å²) in [7, 11) is 0. The number of rotatable bonds is 5. The van der Waals surface area contributed by atoms with Crippen molar-refractivity contribution >= 4 is 57.3 Å². The lowest BCUT2D eigenvalue weighted by Gasteiger charge is -2.10. The van der Waals surface area contributed by atoms with Gasteiger partial charge in [-0.2, -0.15) is 0 Å². The zero-order valence-electron chi connectivity index (χ0n) is 18.3. The fourth-order valence-corrected chi connectivity index (χ4v) is 5.38. The Morgan fingerprint density at radius 3 is 2.48 bits per heavy atom. The molecular formula is C28H22N2OS2. The number of pyridine rings is 1. The summed E-state index contributed by atoms with van der Waals surface area (Å²) in [4.78, 5) is 21.7. The number of aryl methyl sites for hydroxylation is 2. The first-order chi connectivity index (χ1) is 16.0. The molecule has 1 N–H and O–H groups in total. The second kappa shape index (κ2) is 9.14. The number of carbonyl (C=O) groups excluding carboxylic acids is 1. The molecule has 2 aromatic carbocycles. The van der Waals surface area contributed by atoms with Gasteiger partial charge in [0.25, 0.3) is 5.91 Å². The maximum absolute atomic E-state index is 13.2. The maximum atomic E-state index is 13.2. The Balaban J connectivity index is 1.48. The number of nitrogens with zero attached hydrogens (tertiary/aromatic N) is 1. The number of nitrogens with one attached hydrogen (secondary N) is 1. The minimum Gasteiger partial charge on any atom is -0.322 e. The second-order valence-corrected chi connectivity index (χ2v) is 10.0. The molecule has 3 aromatic heterocycles. The van der Waals surface area contributed by atoms with Crippen LogP contribution in [0.1, 0.15) is 32.1 Å². The normalized spacial score (nSPS) is 11.3. The van der Waals surface area contributed by atoms with Crippen molar-refractivity contribution in [1.29, 1.82) is 0 Å². The summed E-state index contributed by atoms with van der Waals surface area (Å²) in [5, 5.41) is 5.98. The number of aromatic nitrogens is 1. The maximum Gasteiger partial charge on any atom is 0.256 e. The van der Waals surface area contributed by atoms with Crippen LogP contribution in [0.25, 0.3) is 32.8 Å². The minimum absolute atomic E-state index is 0.136. The smallest absolute Gasteiger partial charge is 0.256 e. The van der Waals surface area contributed by atoms with E-state index in [-0.39, 0.29) is 5.91 Å². The number of fused-ring (bicyclic) bond motifs is 1. The molecule has 0 saturated heterocycles. The van der Waals surface area contributed by atoms with Gasteiger partial charge in [-0.1, -0.05) is 35.4 Å². The highest BCUT2D eigenvalue weighted by molar-refractivity contribution is 7.21. The molecule has 33 heavy (non-hydrogen) atoms. The quantitative estimate of drug-likeness (QED) is 0.285. The van der Waals surface area contributed by atoms with Crippen molar-refractivity contribution in [1.82, 2.24) is 4.98 Å². The molecule has 0 bridgehead atoms. The number of hydrogen-bond donors (Lipinski definition) is 1. The van der Waals surface area contributed by atoms with Crippen molar-refractivity contribution in [3.63, 3.8) is 0 Å². The fourth-order valence-electron chi connectivity index (χ4n) is 3.63. The Bertz CT molecular complexity index is 1460. The number of thiophene rings is 2. The highest BCUT2D eigenvalue weighted by Gasteiger charge is 2.13. The molecule has 0 aliphatic rings. The average Bonchev–Trinajstić information content (AvgIpc) is 3.51. The lowest BCUT2D eigenvalue weighted by molar-refractivity contribution is 0.102. The van der Waals surface area contributed by atoms with Gasteiger partial charge in [0, 0.05) is 25.7 Å². The molecule has 5 aromatic rings. The largest absolute Gasteiger partial charge is 0.322 e. The van der Waals surface area contributed by atoms with E-state index in [9.17, 15) is 4.79 Å². The summed E-state index contributed by atoms with van der Waals surface area (Å²) < 4.78 is 0. The summed E-state index contributed by atoms with van der Waals surface area (Å²) in [6.07, 6.45) is 4.04. The van der Waals surface area contributed by atoms with Crippen molar-refractivity contribution < 1.29 is 4.79 Å². The highest BCUT2D eigenvalue weighted by Crippen LogP contribution is 2.32. The van der Waals surface area contributed by atoms with E-state index in [4.69, 9.17) is 4.98 Å². The Hall–Kier alpha value is -3.54. The van der Waals surface area contributed by atoms with Crippen molar-refractivity contribution in [2.24, 2.45) is 0 Å². The van der Waals surface area contributed by atoms with Crippen LogP contribution in [-0.2, 0) is 0 Å².